The first-order valence-electron chi connectivity index (χ1n) is 3.71. The molecule has 0 unspecified atom stereocenters. The molecule has 13 heavy (non-hydrogen) atoms. The Balaban J connectivity index is 2.58. The van der Waals surface area contributed by atoms with Gasteiger partial charge in [-0.2, -0.15) is 0 Å². The van der Waals surface area contributed by atoms with Gasteiger partial charge in [0.2, 0.25) is 0 Å². The molecule has 0 aliphatic heterocycles. The minimum absolute atomic E-state index is 0.188. The summed E-state index contributed by atoms with van der Waals surface area (Å²) in [5.41, 5.74) is 5.74. The normalized spacial score (nSPS) is 12.5. The molecular weight excluding hydrogens is 210 g/mol. The summed E-state index contributed by atoms with van der Waals surface area (Å²) in [6, 6.07) is 3.27. The van der Waals surface area contributed by atoms with Gasteiger partial charge in [-0.3, -0.25) is 4.79 Å². The van der Waals surface area contributed by atoms with E-state index in [9.17, 15) is 4.79 Å². The molecule has 3 nitrogen and oxygen atoms in total. The van der Waals surface area contributed by atoms with E-state index in [0.717, 1.165) is 4.88 Å². The highest BCUT2D eigenvalue weighted by molar-refractivity contribution is 7.16. The van der Waals surface area contributed by atoms with Crippen molar-refractivity contribution in [1.29, 1.82) is 0 Å². The first-order chi connectivity index (χ1) is 6.13. The lowest BCUT2D eigenvalue weighted by Crippen LogP contribution is -2.14. The van der Waals surface area contributed by atoms with Gasteiger partial charge in [0.15, 0.2) is 0 Å². The van der Waals surface area contributed by atoms with Gasteiger partial charge in [-0.15, -0.1) is 11.3 Å². The Morgan fingerprint density at radius 1 is 1.77 bits per heavy atom. The van der Waals surface area contributed by atoms with E-state index in [1.54, 1.807) is 6.07 Å². The van der Waals surface area contributed by atoms with Crippen molar-refractivity contribution in [3.63, 3.8) is 0 Å². The zero-order valence-electron chi connectivity index (χ0n) is 7.12. The second kappa shape index (κ2) is 4.60. The molecule has 0 aliphatic carbocycles. The number of halogens is 1. The number of carbonyl (C=O) groups excluding carboxylic acids is 1. The molecule has 0 spiro atoms. The maximum absolute atomic E-state index is 10.9. The van der Waals surface area contributed by atoms with Gasteiger partial charge in [-0.1, -0.05) is 11.6 Å². The number of thiophene rings is 1. The number of ether oxygens (including phenoxy) is 1. The van der Waals surface area contributed by atoms with E-state index in [0.29, 0.717) is 4.34 Å². The summed E-state index contributed by atoms with van der Waals surface area (Å²) in [5.74, 6) is -0.308. The molecule has 1 aromatic rings. The van der Waals surface area contributed by atoms with E-state index in [4.69, 9.17) is 17.3 Å². The average molecular weight is 220 g/mol. The topological polar surface area (TPSA) is 52.3 Å². The van der Waals surface area contributed by atoms with Crippen LogP contribution >= 0.6 is 22.9 Å². The van der Waals surface area contributed by atoms with E-state index in [1.807, 2.05) is 6.07 Å². The minimum atomic E-state index is -0.315. The van der Waals surface area contributed by atoms with Crippen LogP contribution in [0.15, 0.2) is 12.1 Å². The van der Waals surface area contributed by atoms with Crippen LogP contribution in [0.2, 0.25) is 4.34 Å². The molecule has 0 bridgehead atoms. The fraction of sp³-hybridized carbons (Fsp3) is 0.375. The number of nitrogens with two attached hydrogens (primary N) is 1. The first-order valence-corrected chi connectivity index (χ1v) is 4.90. The Bertz CT molecular complexity index is 300. The predicted molar refractivity (Wildman–Crippen MR) is 52.9 cm³/mol. The summed E-state index contributed by atoms with van der Waals surface area (Å²) < 4.78 is 5.18. The number of esters is 1. The smallest absolute Gasteiger partial charge is 0.307 e. The SMILES string of the molecule is COC(=O)C[C@H](N)c1ccc(Cl)s1. The Kier molecular flexibility index (Phi) is 3.71. The second-order valence-electron chi connectivity index (χ2n) is 2.53. The second-order valence-corrected chi connectivity index (χ2v) is 4.28. The lowest BCUT2D eigenvalue weighted by atomic mass is 10.2. The van der Waals surface area contributed by atoms with Crippen LogP contribution < -0.4 is 5.73 Å². The van der Waals surface area contributed by atoms with E-state index in [2.05, 4.69) is 4.74 Å². The van der Waals surface area contributed by atoms with Gasteiger partial charge in [-0.05, 0) is 12.1 Å². The fourth-order valence-corrected chi connectivity index (χ4v) is 1.95. The molecule has 5 heteroatoms. The quantitative estimate of drug-likeness (QED) is 0.791. The predicted octanol–water partition coefficient (Wildman–Crippen LogP) is 1.96. The highest BCUT2D eigenvalue weighted by Crippen LogP contribution is 2.27. The Hall–Kier alpha value is -0.580. The Morgan fingerprint density at radius 2 is 2.46 bits per heavy atom. The van der Waals surface area contributed by atoms with Crippen LogP contribution in [-0.2, 0) is 9.53 Å². The van der Waals surface area contributed by atoms with Crippen LogP contribution in [0, 0.1) is 0 Å². The maximum atomic E-state index is 10.9. The molecule has 1 heterocycles. The standard InChI is InChI=1S/C8H10ClNO2S/c1-12-8(11)4-5(10)6-2-3-7(9)13-6/h2-3,5H,4,10H2,1H3/t5-/m0/s1. The number of hydrogen-bond donors (Lipinski definition) is 1. The van der Waals surface area contributed by atoms with Crippen LogP contribution in [0.1, 0.15) is 17.3 Å². The van der Waals surface area contributed by atoms with Gasteiger partial charge >= 0.3 is 5.97 Å². The summed E-state index contributed by atoms with van der Waals surface area (Å²) >= 11 is 7.10. The van der Waals surface area contributed by atoms with Crippen LogP contribution in [0.3, 0.4) is 0 Å². The summed E-state index contributed by atoms with van der Waals surface area (Å²) in [4.78, 5) is 11.8. The van der Waals surface area contributed by atoms with Crippen molar-refractivity contribution in [3.05, 3.63) is 21.3 Å². The lowest BCUT2D eigenvalue weighted by Gasteiger charge is -2.06. The van der Waals surface area contributed by atoms with Crippen molar-refractivity contribution in [2.45, 2.75) is 12.5 Å². The fourth-order valence-electron chi connectivity index (χ4n) is 0.891. The zero-order valence-corrected chi connectivity index (χ0v) is 8.69. The van der Waals surface area contributed by atoms with Crippen molar-refractivity contribution in [2.24, 2.45) is 5.73 Å². The molecule has 0 fully saturated rings. The zero-order chi connectivity index (χ0) is 9.84. The highest BCUT2D eigenvalue weighted by Gasteiger charge is 2.13. The Morgan fingerprint density at radius 3 is 2.92 bits per heavy atom. The average Bonchev–Trinajstić information content (AvgIpc) is 2.51. The molecule has 72 valence electrons. The number of methoxy groups -OCH3 is 1. The summed E-state index contributed by atoms with van der Waals surface area (Å²) in [6.45, 7) is 0. The molecule has 2 N–H and O–H groups in total. The molecule has 0 saturated carbocycles. The van der Waals surface area contributed by atoms with Crippen LogP contribution in [0.5, 0.6) is 0 Å². The third-order valence-corrected chi connectivity index (χ3v) is 2.94. The first kappa shape index (κ1) is 10.5. The summed E-state index contributed by atoms with van der Waals surface area (Å²) in [6.07, 6.45) is 0.188. The lowest BCUT2D eigenvalue weighted by molar-refractivity contribution is -0.141. The van der Waals surface area contributed by atoms with Gasteiger partial charge in [0.05, 0.1) is 17.9 Å². The summed E-state index contributed by atoms with van der Waals surface area (Å²) in [7, 11) is 1.34. The van der Waals surface area contributed by atoms with Crippen molar-refractivity contribution < 1.29 is 9.53 Å². The molecule has 0 aliphatic rings. The van der Waals surface area contributed by atoms with E-state index >= 15 is 0 Å². The van der Waals surface area contributed by atoms with Crippen LogP contribution in [0.25, 0.3) is 0 Å². The molecular formula is C8H10ClNO2S. The van der Waals surface area contributed by atoms with Crippen molar-refractivity contribution in [2.75, 3.05) is 7.11 Å². The number of rotatable bonds is 3. The monoisotopic (exact) mass is 219 g/mol. The van der Waals surface area contributed by atoms with Gasteiger partial charge in [0, 0.05) is 10.9 Å². The maximum Gasteiger partial charge on any atom is 0.307 e. The van der Waals surface area contributed by atoms with Gasteiger partial charge in [0.1, 0.15) is 0 Å². The third kappa shape index (κ3) is 2.99. The van der Waals surface area contributed by atoms with Gasteiger partial charge in [-0.25, -0.2) is 0 Å². The number of carbonyl (C=O) groups is 1. The van der Waals surface area contributed by atoms with Crippen LogP contribution in [-0.4, -0.2) is 13.1 Å². The van der Waals surface area contributed by atoms with Crippen LogP contribution in [0.4, 0.5) is 0 Å². The molecule has 0 amide bonds. The third-order valence-electron chi connectivity index (χ3n) is 1.57. The van der Waals surface area contributed by atoms with Gasteiger partial charge in [0.25, 0.3) is 0 Å². The van der Waals surface area contributed by atoms with E-state index in [-0.39, 0.29) is 18.4 Å². The largest absolute Gasteiger partial charge is 0.469 e. The van der Waals surface area contributed by atoms with Crippen molar-refractivity contribution in [1.82, 2.24) is 0 Å². The highest BCUT2D eigenvalue weighted by atomic mass is 35.5. The minimum Gasteiger partial charge on any atom is -0.469 e. The molecule has 1 atom stereocenters. The molecule has 0 aromatic carbocycles. The Labute approximate surface area is 85.4 Å². The molecule has 1 aromatic heterocycles. The van der Waals surface area contributed by atoms with E-state index < -0.39 is 0 Å². The molecule has 1 rings (SSSR count). The van der Waals surface area contributed by atoms with Crippen molar-refractivity contribution >= 4 is 28.9 Å². The molecule has 0 radical (unpaired) electrons. The summed E-state index contributed by atoms with van der Waals surface area (Å²) in [5, 5.41) is 0. The van der Waals surface area contributed by atoms with Gasteiger partial charge < -0.3 is 10.5 Å². The molecule has 0 saturated heterocycles. The number of hydrogen-bond acceptors (Lipinski definition) is 4. The van der Waals surface area contributed by atoms with E-state index in [1.165, 1.54) is 18.4 Å². The van der Waals surface area contributed by atoms with Crippen molar-refractivity contribution in [3.8, 4) is 0 Å².